The van der Waals surface area contributed by atoms with E-state index in [2.05, 4.69) is 29.3 Å². The van der Waals surface area contributed by atoms with E-state index in [9.17, 15) is 0 Å². The lowest BCUT2D eigenvalue weighted by Crippen LogP contribution is -2.21. The van der Waals surface area contributed by atoms with Gasteiger partial charge in [0, 0.05) is 4.90 Å². The van der Waals surface area contributed by atoms with Crippen molar-refractivity contribution in [3.8, 4) is 0 Å². The molecule has 4 nitrogen and oxygen atoms in total. The number of benzene rings is 1. The summed E-state index contributed by atoms with van der Waals surface area (Å²) in [5, 5.41) is 7.33. The number of guanidine groups is 1. The molecule has 1 aromatic carbocycles. The summed E-state index contributed by atoms with van der Waals surface area (Å²) in [6.45, 7) is 2.23. The number of thioether (sulfide) groups is 1. The van der Waals surface area contributed by atoms with Crippen LogP contribution < -0.4 is 11.5 Å². The van der Waals surface area contributed by atoms with Crippen LogP contribution in [0.15, 0.2) is 39.4 Å². The number of nitrogens with zero attached hydrogens (tertiary/aromatic N) is 2. The zero-order valence-electron chi connectivity index (χ0n) is 11.4. The molecule has 0 aliphatic carbocycles. The number of rotatable bonds is 8. The van der Waals surface area contributed by atoms with Crippen LogP contribution in [0.2, 0.25) is 0 Å². The van der Waals surface area contributed by atoms with Crippen LogP contribution >= 0.6 is 11.8 Å². The Morgan fingerprint density at radius 2 is 1.89 bits per heavy atom. The molecule has 0 saturated heterocycles. The summed E-state index contributed by atoms with van der Waals surface area (Å²) in [5.41, 5.74) is 11.3. The Balaban J connectivity index is 2.35. The summed E-state index contributed by atoms with van der Waals surface area (Å²) in [6.07, 6.45) is 6.86. The van der Waals surface area contributed by atoms with Crippen molar-refractivity contribution in [3.05, 3.63) is 29.8 Å². The van der Waals surface area contributed by atoms with E-state index >= 15 is 0 Å². The predicted molar refractivity (Wildman–Crippen MR) is 84.7 cm³/mol. The molecule has 0 amide bonds. The van der Waals surface area contributed by atoms with Crippen molar-refractivity contribution < 1.29 is 0 Å². The molecule has 0 bridgehead atoms. The third kappa shape index (κ3) is 7.51. The molecule has 5 heteroatoms. The van der Waals surface area contributed by atoms with E-state index in [-0.39, 0.29) is 5.96 Å². The Kier molecular flexibility index (Phi) is 7.74. The summed E-state index contributed by atoms with van der Waals surface area (Å²) < 4.78 is 0. The van der Waals surface area contributed by atoms with E-state index in [1.54, 1.807) is 6.21 Å². The van der Waals surface area contributed by atoms with Gasteiger partial charge in [-0.3, -0.25) is 0 Å². The van der Waals surface area contributed by atoms with Crippen molar-refractivity contribution in [2.24, 2.45) is 21.7 Å². The minimum atomic E-state index is -0.0319. The van der Waals surface area contributed by atoms with Crippen molar-refractivity contribution in [1.82, 2.24) is 0 Å². The number of nitrogens with two attached hydrogens (primary N) is 2. The number of unbranched alkanes of at least 4 members (excludes halogenated alkanes) is 3. The summed E-state index contributed by atoms with van der Waals surface area (Å²) in [6, 6.07) is 8.23. The highest BCUT2D eigenvalue weighted by Crippen LogP contribution is 2.19. The summed E-state index contributed by atoms with van der Waals surface area (Å²) in [5.74, 6) is 1.15. The zero-order chi connectivity index (χ0) is 13.9. The molecule has 0 spiro atoms. The molecule has 0 aliphatic rings. The highest BCUT2D eigenvalue weighted by Gasteiger charge is 1.95. The molecular weight excluding hydrogens is 256 g/mol. The third-order valence-electron chi connectivity index (χ3n) is 2.53. The molecule has 0 heterocycles. The van der Waals surface area contributed by atoms with Crippen LogP contribution in [0.3, 0.4) is 0 Å². The van der Waals surface area contributed by atoms with Crippen molar-refractivity contribution in [1.29, 1.82) is 0 Å². The second kappa shape index (κ2) is 9.44. The summed E-state index contributed by atoms with van der Waals surface area (Å²) >= 11 is 1.90. The van der Waals surface area contributed by atoms with E-state index in [0.717, 1.165) is 5.56 Å². The maximum absolute atomic E-state index is 5.18. The maximum atomic E-state index is 5.18. The Morgan fingerprint density at radius 1 is 1.16 bits per heavy atom. The van der Waals surface area contributed by atoms with Gasteiger partial charge in [0.2, 0.25) is 5.96 Å². The van der Waals surface area contributed by atoms with E-state index < -0.39 is 0 Å². The normalized spacial score (nSPS) is 10.8. The van der Waals surface area contributed by atoms with Gasteiger partial charge in [-0.15, -0.1) is 16.9 Å². The van der Waals surface area contributed by atoms with E-state index in [0.29, 0.717) is 0 Å². The average molecular weight is 278 g/mol. The lowest BCUT2D eigenvalue weighted by atomic mass is 10.2. The molecule has 0 atom stereocenters. The number of hydrogen-bond acceptors (Lipinski definition) is 3. The summed E-state index contributed by atoms with van der Waals surface area (Å²) in [4.78, 5) is 1.29. The highest BCUT2D eigenvalue weighted by molar-refractivity contribution is 7.99. The minimum absolute atomic E-state index is 0.0319. The Hall–Kier alpha value is -1.49. The molecule has 0 radical (unpaired) electrons. The van der Waals surface area contributed by atoms with Crippen LogP contribution in [0.5, 0.6) is 0 Å². The molecular formula is C14H22N4S. The first-order valence-corrected chi connectivity index (χ1v) is 7.55. The first kappa shape index (κ1) is 15.6. The fourth-order valence-corrected chi connectivity index (χ4v) is 2.44. The Bertz CT molecular complexity index is 408. The van der Waals surface area contributed by atoms with Gasteiger partial charge in [-0.05, 0) is 29.9 Å². The van der Waals surface area contributed by atoms with Crippen molar-refractivity contribution in [2.75, 3.05) is 5.75 Å². The second-order valence-electron chi connectivity index (χ2n) is 4.25. The standard InChI is InChI=1S/C14H22N4S/c1-2-3-4-5-10-19-13-8-6-12(7-9-13)11-17-18-14(15)16/h6-9,11H,2-5,10H2,1H3,(H4,15,16,18). The first-order chi connectivity index (χ1) is 9.22. The molecule has 1 rings (SSSR count). The van der Waals surface area contributed by atoms with Crippen LogP contribution in [-0.2, 0) is 0 Å². The lowest BCUT2D eigenvalue weighted by molar-refractivity contribution is 0.706. The van der Waals surface area contributed by atoms with Crippen LogP contribution in [0.4, 0.5) is 0 Å². The van der Waals surface area contributed by atoms with Crippen LogP contribution in [-0.4, -0.2) is 17.9 Å². The van der Waals surface area contributed by atoms with Gasteiger partial charge in [-0.2, -0.15) is 5.10 Å². The molecule has 0 fully saturated rings. The fraction of sp³-hybridized carbons (Fsp3) is 0.429. The van der Waals surface area contributed by atoms with E-state index in [1.807, 2.05) is 23.9 Å². The topological polar surface area (TPSA) is 76.8 Å². The minimum Gasteiger partial charge on any atom is -0.369 e. The predicted octanol–water partition coefficient (Wildman–Crippen LogP) is 2.97. The lowest BCUT2D eigenvalue weighted by Gasteiger charge is -2.01. The third-order valence-corrected chi connectivity index (χ3v) is 3.63. The quantitative estimate of drug-likeness (QED) is 0.252. The molecule has 0 aromatic heterocycles. The van der Waals surface area contributed by atoms with Crippen LogP contribution in [0.25, 0.3) is 0 Å². The molecule has 0 saturated carbocycles. The van der Waals surface area contributed by atoms with Gasteiger partial charge in [0.1, 0.15) is 0 Å². The van der Waals surface area contributed by atoms with E-state index in [4.69, 9.17) is 11.5 Å². The van der Waals surface area contributed by atoms with Gasteiger partial charge in [0.15, 0.2) is 0 Å². The number of hydrogen-bond donors (Lipinski definition) is 2. The molecule has 19 heavy (non-hydrogen) atoms. The van der Waals surface area contributed by atoms with Gasteiger partial charge < -0.3 is 11.5 Å². The van der Waals surface area contributed by atoms with Gasteiger partial charge in [0.05, 0.1) is 6.21 Å². The van der Waals surface area contributed by atoms with E-state index in [1.165, 1.54) is 36.3 Å². The molecule has 1 aromatic rings. The Labute approximate surface area is 119 Å². The highest BCUT2D eigenvalue weighted by atomic mass is 32.2. The van der Waals surface area contributed by atoms with Gasteiger partial charge in [-0.1, -0.05) is 38.3 Å². The second-order valence-corrected chi connectivity index (χ2v) is 5.42. The maximum Gasteiger partial charge on any atom is 0.211 e. The van der Waals surface area contributed by atoms with Gasteiger partial charge in [-0.25, -0.2) is 0 Å². The first-order valence-electron chi connectivity index (χ1n) is 6.57. The Morgan fingerprint density at radius 3 is 2.53 bits per heavy atom. The molecule has 0 unspecified atom stereocenters. The monoisotopic (exact) mass is 278 g/mol. The van der Waals surface area contributed by atoms with Gasteiger partial charge in [0.25, 0.3) is 0 Å². The van der Waals surface area contributed by atoms with Crippen molar-refractivity contribution >= 4 is 23.9 Å². The molecule has 4 N–H and O–H groups in total. The van der Waals surface area contributed by atoms with Gasteiger partial charge >= 0.3 is 0 Å². The SMILES string of the molecule is CCCCCCSc1ccc(C=NN=C(N)N)cc1. The van der Waals surface area contributed by atoms with Crippen molar-refractivity contribution in [3.63, 3.8) is 0 Å². The molecule has 104 valence electrons. The van der Waals surface area contributed by atoms with Crippen molar-refractivity contribution in [2.45, 2.75) is 37.5 Å². The summed E-state index contributed by atoms with van der Waals surface area (Å²) in [7, 11) is 0. The largest absolute Gasteiger partial charge is 0.369 e. The van der Waals surface area contributed by atoms with Crippen LogP contribution in [0.1, 0.15) is 38.2 Å². The smallest absolute Gasteiger partial charge is 0.211 e. The van der Waals surface area contributed by atoms with Crippen LogP contribution in [0, 0.1) is 0 Å². The molecule has 0 aliphatic heterocycles. The fourth-order valence-electron chi connectivity index (χ4n) is 1.53. The average Bonchev–Trinajstić information content (AvgIpc) is 2.40. The zero-order valence-corrected chi connectivity index (χ0v) is 12.2.